The minimum Gasteiger partial charge on any atom is -0.375 e. The Morgan fingerprint density at radius 1 is 1.50 bits per heavy atom. The van der Waals surface area contributed by atoms with E-state index in [1.165, 1.54) is 0 Å². The molecule has 3 nitrogen and oxygen atoms in total. The second-order valence-electron chi connectivity index (χ2n) is 4.54. The van der Waals surface area contributed by atoms with Gasteiger partial charge in [0.15, 0.2) is 0 Å². The van der Waals surface area contributed by atoms with Gasteiger partial charge in [-0.2, -0.15) is 0 Å². The fraction of sp³-hybridized carbons (Fsp3) is 0.917. The summed E-state index contributed by atoms with van der Waals surface area (Å²) in [6, 6.07) is 0. The third-order valence-corrected chi connectivity index (χ3v) is 3.31. The van der Waals surface area contributed by atoms with Crippen LogP contribution in [0.15, 0.2) is 0 Å². The van der Waals surface area contributed by atoms with Crippen LogP contribution in [0.3, 0.4) is 0 Å². The normalized spacial score (nSPS) is 20.4. The zero-order chi connectivity index (χ0) is 13.4. The number of carbonyl (C=O) groups is 1. The second-order valence-corrected chi connectivity index (χ2v) is 4.92. The van der Waals surface area contributed by atoms with Gasteiger partial charge in [0.1, 0.15) is 6.61 Å². The van der Waals surface area contributed by atoms with Crippen LogP contribution in [0.2, 0.25) is 0 Å². The molecule has 106 valence electrons. The SMILES string of the molecule is O=C(CCOCC(F)F)N1CCCC(CCCl)C1. The number of piperidine rings is 1. The Hall–Kier alpha value is -0.420. The van der Waals surface area contributed by atoms with E-state index in [2.05, 4.69) is 0 Å². The molecule has 1 unspecified atom stereocenters. The maximum atomic E-state index is 11.8. The minimum atomic E-state index is -2.47. The number of alkyl halides is 3. The van der Waals surface area contributed by atoms with Gasteiger partial charge in [-0.3, -0.25) is 4.79 Å². The molecule has 0 aliphatic carbocycles. The van der Waals surface area contributed by atoms with Crippen molar-refractivity contribution in [2.45, 2.75) is 32.1 Å². The average Bonchev–Trinajstić information content (AvgIpc) is 2.35. The van der Waals surface area contributed by atoms with Gasteiger partial charge in [0.05, 0.1) is 13.0 Å². The molecule has 1 aliphatic rings. The van der Waals surface area contributed by atoms with Crippen LogP contribution in [0.4, 0.5) is 8.78 Å². The molecular weight excluding hydrogens is 264 g/mol. The Labute approximate surface area is 111 Å². The van der Waals surface area contributed by atoms with E-state index in [0.717, 1.165) is 32.4 Å². The maximum Gasteiger partial charge on any atom is 0.261 e. The number of nitrogens with zero attached hydrogens (tertiary/aromatic N) is 1. The fourth-order valence-corrected chi connectivity index (χ4v) is 2.48. The highest BCUT2D eigenvalue weighted by atomic mass is 35.5. The Morgan fingerprint density at radius 3 is 2.94 bits per heavy atom. The lowest BCUT2D eigenvalue weighted by atomic mass is 9.95. The van der Waals surface area contributed by atoms with Crippen molar-refractivity contribution >= 4 is 17.5 Å². The van der Waals surface area contributed by atoms with Crippen molar-refractivity contribution < 1.29 is 18.3 Å². The molecule has 1 amide bonds. The van der Waals surface area contributed by atoms with Crippen LogP contribution in [-0.4, -0.2) is 49.4 Å². The Bertz CT molecular complexity index is 252. The van der Waals surface area contributed by atoms with Crippen LogP contribution in [0.5, 0.6) is 0 Å². The van der Waals surface area contributed by atoms with Crippen molar-refractivity contribution in [2.24, 2.45) is 5.92 Å². The third kappa shape index (κ3) is 5.96. The molecule has 0 saturated carbocycles. The van der Waals surface area contributed by atoms with E-state index >= 15 is 0 Å². The van der Waals surface area contributed by atoms with Crippen molar-refractivity contribution in [3.8, 4) is 0 Å². The van der Waals surface area contributed by atoms with Gasteiger partial charge in [0, 0.05) is 19.0 Å². The number of rotatable bonds is 7. The van der Waals surface area contributed by atoms with Gasteiger partial charge in [-0.05, 0) is 25.2 Å². The van der Waals surface area contributed by atoms with Crippen molar-refractivity contribution in [1.82, 2.24) is 4.90 Å². The molecule has 6 heteroatoms. The summed E-state index contributed by atoms with van der Waals surface area (Å²) in [6.07, 6.45) is 0.736. The van der Waals surface area contributed by atoms with Gasteiger partial charge in [-0.1, -0.05) is 0 Å². The summed E-state index contributed by atoms with van der Waals surface area (Å²) in [6.45, 7) is 0.967. The first kappa shape index (κ1) is 15.6. The molecule has 0 radical (unpaired) electrons. The Balaban J connectivity index is 2.20. The zero-order valence-electron chi connectivity index (χ0n) is 10.4. The number of hydrogen-bond acceptors (Lipinski definition) is 2. The highest BCUT2D eigenvalue weighted by molar-refractivity contribution is 6.17. The van der Waals surface area contributed by atoms with Crippen molar-refractivity contribution in [1.29, 1.82) is 0 Å². The molecule has 1 saturated heterocycles. The van der Waals surface area contributed by atoms with Crippen LogP contribution in [0, 0.1) is 5.92 Å². The summed E-state index contributed by atoms with van der Waals surface area (Å²) >= 11 is 5.70. The summed E-state index contributed by atoms with van der Waals surface area (Å²) in [4.78, 5) is 13.6. The first-order valence-corrected chi connectivity index (χ1v) is 6.86. The van der Waals surface area contributed by atoms with Gasteiger partial charge < -0.3 is 9.64 Å². The first-order chi connectivity index (χ1) is 8.63. The monoisotopic (exact) mass is 283 g/mol. The number of amides is 1. The average molecular weight is 284 g/mol. The Morgan fingerprint density at radius 2 is 2.28 bits per heavy atom. The molecule has 1 aliphatic heterocycles. The van der Waals surface area contributed by atoms with Gasteiger partial charge in [0.25, 0.3) is 6.43 Å². The molecule has 0 spiro atoms. The molecule has 1 rings (SSSR count). The summed E-state index contributed by atoms with van der Waals surface area (Å²) in [5.74, 6) is 1.08. The van der Waals surface area contributed by atoms with Gasteiger partial charge in [0.2, 0.25) is 5.91 Å². The highest BCUT2D eigenvalue weighted by Crippen LogP contribution is 2.20. The summed E-state index contributed by atoms with van der Waals surface area (Å²) in [7, 11) is 0. The molecule has 1 heterocycles. The largest absolute Gasteiger partial charge is 0.375 e. The van der Waals surface area contributed by atoms with Crippen LogP contribution in [-0.2, 0) is 9.53 Å². The van der Waals surface area contributed by atoms with E-state index in [9.17, 15) is 13.6 Å². The second kappa shape index (κ2) is 8.64. The van der Waals surface area contributed by atoms with Gasteiger partial charge >= 0.3 is 0 Å². The topological polar surface area (TPSA) is 29.5 Å². The fourth-order valence-electron chi connectivity index (χ4n) is 2.17. The van der Waals surface area contributed by atoms with E-state index in [1.807, 2.05) is 0 Å². The van der Waals surface area contributed by atoms with E-state index in [1.54, 1.807) is 4.90 Å². The van der Waals surface area contributed by atoms with Crippen LogP contribution in [0.1, 0.15) is 25.7 Å². The molecule has 1 fully saturated rings. The molecule has 0 aromatic heterocycles. The standard InChI is InChI=1S/C12H20ClF2NO2/c13-5-3-10-2-1-6-16(8-10)12(17)4-7-18-9-11(14)15/h10-11H,1-9H2. The molecule has 0 aromatic rings. The van der Waals surface area contributed by atoms with Crippen LogP contribution >= 0.6 is 11.6 Å². The lowest BCUT2D eigenvalue weighted by Gasteiger charge is -2.32. The molecular formula is C12H20ClF2NO2. The maximum absolute atomic E-state index is 11.8. The molecule has 0 bridgehead atoms. The molecule has 0 aromatic carbocycles. The molecule has 1 atom stereocenters. The molecule has 0 N–H and O–H groups in total. The Kier molecular flexibility index (Phi) is 7.51. The number of ether oxygens (including phenoxy) is 1. The van der Waals surface area contributed by atoms with E-state index in [-0.39, 0.29) is 18.9 Å². The van der Waals surface area contributed by atoms with Gasteiger partial charge in [-0.25, -0.2) is 8.78 Å². The molecule has 18 heavy (non-hydrogen) atoms. The van der Waals surface area contributed by atoms with Crippen molar-refractivity contribution in [3.05, 3.63) is 0 Å². The van der Waals surface area contributed by atoms with E-state index in [0.29, 0.717) is 11.8 Å². The van der Waals surface area contributed by atoms with E-state index in [4.69, 9.17) is 16.3 Å². The van der Waals surface area contributed by atoms with Crippen molar-refractivity contribution in [3.63, 3.8) is 0 Å². The smallest absolute Gasteiger partial charge is 0.261 e. The predicted octanol–water partition coefficient (Wildman–Crippen LogP) is 2.53. The lowest BCUT2D eigenvalue weighted by Crippen LogP contribution is -2.40. The summed E-state index contributed by atoms with van der Waals surface area (Å²) < 4.78 is 28.3. The third-order valence-electron chi connectivity index (χ3n) is 3.09. The first-order valence-electron chi connectivity index (χ1n) is 6.33. The minimum absolute atomic E-state index is 0.0106. The van der Waals surface area contributed by atoms with Crippen molar-refractivity contribution in [2.75, 3.05) is 32.2 Å². The lowest BCUT2D eigenvalue weighted by molar-refractivity contribution is -0.134. The number of halogens is 3. The highest BCUT2D eigenvalue weighted by Gasteiger charge is 2.22. The summed E-state index contributed by atoms with van der Waals surface area (Å²) in [5.41, 5.74) is 0. The number of hydrogen-bond donors (Lipinski definition) is 0. The number of carbonyl (C=O) groups excluding carboxylic acids is 1. The van der Waals surface area contributed by atoms with Gasteiger partial charge in [-0.15, -0.1) is 11.6 Å². The van der Waals surface area contributed by atoms with Crippen LogP contribution in [0.25, 0.3) is 0 Å². The van der Waals surface area contributed by atoms with Crippen LogP contribution < -0.4 is 0 Å². The predicted molar refractivity (Wildman–Crippen MR) is 66.1 cm³/mol. The van der Waals surface area contributed by atoms with E-state index < -0.39 is 13.0 Å². The number of likely N-dealkylation sites (tertiary alicyclic amines) is 1. The summed E-state index contributed by atoms with van der Waals surface area (Å²) in [5, 5.41) is 0. The zero-order valence-corrected chi connectivity index (χ0v) is 11.2. The quantitative estimate of drug-likeness (QED) is 0.531.